The standard InChI is InChI=1S/C12H11NO2/c14-12(15)7-3-4-9-8-13-11-6-2-1-5-10(9)11/h1-6,8,13H,7H2,(H,14,15)/b4-3+. The van der Waals surface area contributed by atoms with E-state index in [1.807, 2.05) is 36.5 Å². The third-order valence-corrected chi connectivity index (χ3v) is 2.21. The van der Waals surface area contributed by atoms with Crippen molar-refractivity contribution in [3.05, 3.63) is 42.1 Å². The first kappa shape index (κ1) is 9.52. The molecule has 0 aliphatic rings. The molecule has 2 N–H and O–H groups in total. The fourth-order valence-electron chi connectivity index (χ4n) is 1.52. The van der Waals surface area contributed by atoms with Gasteiger partial charge < -0.3 is 10.1 Å². The zero-order valence-electron chi connectivity index (χ0n) is 8.10. The molecule has 0 fully saturated rings. The fourth-order valence-corrected chi connectivity index (χ4v) is 1.52. The van der Waals surface area contributed by atoms with Gasteiger partial charge in [-0.05, 0) is 11.6 Å². The number of benzene rings is 1. The van der Waals surface area contributed by atoms with Crippen molar-refractivity contribution in [2.24, 2.45) is 0 Å². The number of aliphatic carboxylic acids is 1. The van der Waals surface area contributed by atoms with E-state index in [0.717, 1.165) is 16.5 Å². The molecule has 2 aromatic rings. The number of aromatic nitrogens is 1. The SMILES string of the molecule is O=C(O)C/C=C/c1c[nH]c2ccccc12. The van der Waals surface area contributed by atoms with E-state index >= 15 is 0 Å². The number of nitrogens with one attached hydrogen (secondary N) is 1. The second kappa shape index (κ2) is 4.00. The minimum absolute atomic E-state index is 0.0551. The van der Waals surface area contributed by atoms with Crippen molar-refractivity contribution in [3.63, 3.8) is 0 Å². The van der Waals surface area contributed by atoms with Crippen LogP contribution in [0.5, 0.6) is 0 Å². The molecule has 0 radical (unpaired) electrons. The maximum atomic E-state index is 10.3. The average molecular weight is 201 g/mol. The molecule has 0 aliphatic carbocycles. The minimum atomic E-state index is -0.814. The highest BCUT2D eigenvalue weighted by Crippen LogP contribution is 2.18. The van der Waals surface area contributed by atoms with Crippen LogP contribution in [-0.2, 0) is 4.79 Å². The monoisotopic (exact) mass is 201 g/mol. The molecule has 0 atom stereocenters. The van der Waals surface area contributed by atoms with Crippen LogP contribution < -0.4 is 0 Å². The van der Waals surface area contributed by atoms with Crippen LogP contribution in [0.3, 0.4) is 0 Å². The summed E-state index contributed by atoms with van der Waals surface area (Å²) in [5.74, 6) is -0.814. The highest BCUT2D eigenvalue weighted by molar-refractivity contribution is 5.89. The zero-order chi connectivity index (χ0) is 10.7. The lowest BCUT2D eigenvalue weighted by atomic mass is 10.1. The summed E-state index contributed by atoms with van der Waals surface area (Å²) in [7, 11) is 0. The van der Waals surface area contributed by atoms with Gasteiger partial charge in [-0.2, -0.15) is 0 Å². The van der Waals surface area contributed by atoms with Crippen LogP contribution in [0, 0.1) is 0 Å². The van der Waals surface area contributed by atoms with E-state index in [9.17, 15) is 4.79 Å². The Kier molecular flexibility index (Phi) is 2.54. The Labute approximate surface area is 87.0 Å². The van der Waals surface area contributed by atoms with Crippen LogP contribution in [-0.4, -0.2) is 16.1 Å². The third-order valence-electron chi connectivity index (χ3n) is 2.21. The van der Waals surface area contributed by atoms with E-state index in [1.54, 1.807) is 6.08 Å². The van der Waals surface area contributed by atoms with Gasteiger partial charge in [-0.15, -0.1) is 0 Å². The largest absolute Gasteiger partial charge is 0.481 e. The highest BCUT2D eigenvalue weighted by atomic mass is 16.4. The third kappa shape index (κ3) is 2.07. The summed E-state index contributed by atoms with van der Waals surface area (Å²) in [6.45, 7) is 0. The molecule has 0 saturated heterocycles. The smallest absolute Gasteiger partial charge is 0.307 e. The number of carbonyl (C=O) groups is 1. The van der Waals surface area contributed by atoms with E-state index < -0.39 is 5.97 Å². The summed E-state index contributed by atoms with van der Waals surface area (Å²) in [4.78, 5) is 13.5. The summed E-state index contributed by atoms with van der Waals surface area (Å²) < 4.78 is 0. The molecule has 0 bridgehead atoms. The Hall–Kier alpha value is -2.03. The predicted octanol–water partition coefficient (Wildman–Crippen LogP) is 2.66. The molecular formula is C12H11NO2. The normalized spacial score (nSPS) is 11.2. The molecule has 1 aromatic heterocycles. The molecular weight excluding hydrogens is 190 g/mol. The van der Waals surface area contributed by atoms with Crippen molar-refractivity contribution >= 4 is 22.9 Å². The van der Waals surface area contributed by atoms with Gasteiger partial charge in [-0.3, -0.25) is 4.79 Å². The number of carboxylic acid groups (broad SMARTS) is 1. The van der Waals surface area contributed by atoms with Crippen molar-refractivity contribution in [2.45, 2.75) is 6.42 Å². The number of hydrogen-bond acceptors (Lipinski definition) is 1. The lowest BCUT2D eigenvalue weighted by Gasteiger charge is -1.90. The minimum Gasteiger partial charge on any atom is -0.481 e. The molecule has 76 valence electrons. The number of para-hydroxylation sites is 1. The van der Waals surface area contributed by atoms with Gasteiger partial charge in [0.2, 0.25) is 0 Å². The van der Waals surface area contributed by atoms with Crippen LogP contribution in [0.15, 0.2) is 36.5 Å². The lowest BCUT2D eigenvalue weighted by Crippen LogP contribution is -1.89. The van der Waals surface area contributed by atoms with Crippen LogP contribution >= 0.6 is 0 Å². The second-order valence-electron chi connectivity index (χ2n) is 3.29. The molecule has 3 nitrogen and oxygen atoms in total. The molecule has 0 saturated carbocycles. The molecule has 3 heteroatoms. The lowest BCUT2D eigenvalue weighted by molar-refractivity contribution is -0.135. The molecule has 2 rings (SSSR count). The predicted molar refractivity (Wildman–Crippen MR) is 59.6 cm³/mol. The Morgan fingerprint density at radius 3 is 3.00 bits per heavy atom. The van der Waals surface area contributed by atoms with Gasteiger partial charge in [0.1, 0.15) is 0 Å². The number of aromatic amines is 1. The number of rotatable bonds is 3. The Morgan fingerprint density at radius 1 is 1.40 bits per heavy atom. The molecule has 0 aliphatic heterocycles. The topological polar surface area (TPSA) is 53.1 Å². The van der Waals surface area contributed by atoms with Gasteiger partial charge >= 0.3 is 5.97 Å². The molecule has 15 heavy (non-hydrogen) atoms. The van der Waals surface area contributed by atoms with E-state index in [1.165, 1.54) is 0 Å². The fraction of sp³-hybridized carbons (Fsp3) is 0.0833. The zero-order valence-corrected chi connectivity index (χ0v) is 8.10. The number of hydrogen-bond donors (Lipinski definition) is 2. The van der Waals surface area contributed by atoms with Gasteiger partial charge in [-0.25, -0.2) is 0 Å². The number of H-pyrrole nitrogens is 1. The van der Waals surface area contributed by atoms with Gasteiger partial charge in [0.25, 0.3) is 0 Å². The van der Waals surface area contributed by atoms with E-state index in [-0.39, 0.29) is 6.42 Å². The molecule has 0 spiro atoms. The Balaban J connectivity index is 2.28. The first-order valence-electron chi connectivity index (χ1n) is 4.72. The maximum Gasteiger partial charge on any atom is 0.307 e. The van der Waals surface area contributed by atoms with Crippen LogP contribution in [0.2, 0.25) is 0 Å². The van der Waals surface area contributed by atoms with E-state index in [2.05, 4.69) is 4.98 Å². The average Bonchev–Trinajstić information content (AvgIpc) is 2.62. The summed E-state index contributed by atoms with van der Waals surface area (Å²) in [5, 5.41) is 9.61. The quantitative estimate of drug-likeness (QED) is 0.802. The van der Waals surface area contributed by atoms with Crippen molar-refractivity contribution in [3.8, 4) is 0 Å². The van der Waals surface area contributed by atoms with Gasteiger partial charge in [-0.1, -0.05) is 30.4 Å². The van der Waals surface area contributed by atoms with Crippen LogP contribution in [0.25, 0.3) is 17.0 Å². The molecule has 0 unspecified atom stereocenters. The Bertz CT molecular complexity index is 511. The van der Waals surface area contributed by atoms with E-state index in [0.29, 0.717) is 0 Å². The van der Waals surface area contributed by atoms with Crippen LogP contribution in [0.4, 0.5) is 0 Å². The first-order valence-corrected chi connectivity index (χ1v) is 4.72. The summed E-state index contributed by atoms with van der Waals surface area (Å²) in [5.41, 5.74) is 2.08. The molecule has 1 aromatic carbocycles. The highest BCUT2D eigenvalue weighted by Gasteiger charge is 1.98. The first-order chi connectivity index (χ1) is 7.27. The van der Waals surface area contributed by atoms with Crippen molar-refractivity contribution < 1.29 is 9.90 Å². The van der Waals surface area contributed by atoms with Gasteiger partial charge in [0.15, 0.2) is 0 Å². The van der Waals surface area contributed by atoms with Crippen LogP contribution in [0.1, 0.15) is 12.0 Å². The summed E-state index contributed by atoms with van der Waals surface area (Å²) >= 11 is 0. The molecule has 1 heterocycles. The summed E-state index contributed by atoms with van der Waals surface area (Å²) in [6.07, 6.45) is 5.41. The molecule has 0 amide bonds. The van der Waals surface area contributed by atoms with Crippen molar-refractivity contribution in [1.29, 1.82) is 0 Å². The van der Waals surface area contributed by atoms with Crippen molar-refractivity contribution in [1.82, 2.24) is 4.98 Å². The number of carboxylic acids is 1. The summed E-state index contributed by atoms with van der Waals surface area (Å²) in [6, 6.07) is 7.92. The second-order valence-corrected chi connectivity index (χ2v) is 3.29. The number of fused-ring (bicyclic) bond motifs is 1. The maximum absolute atomic E-state index is 10.3. The van der Waals surface area contributed by atoms with Gasteiger partial charge in [0, 0.05) is 17.1 Å². The van der Waals surface area contributed by atoms with Gasteiger partial charge in [0.05, 0.1) is 6.42 Å². The Morgan fingerprint density at radius 2 is 2.20 bits per heavy atom. The van der Waals surface area contributed by atoms with E-state index in [4.69, 9.17) is 5.11 Å². The van der Waals surface area contributed by atoms with Crippen molar-refractivity contribution in [2.75, 3.05) is 0 Å².